The highest BCUT2D eigenvalue weighted by atomic mass is 79.9. The number of methoxy groups -OCH3 is 2. The third kappa shape index (κ3) is 3.90. The summed E-state index contributed by atoms with van der Waals surface area (Å²) in [4.78, 5) is 12.1. The molecule has 0 heterocycles. The van der Waals surface area contributed by atoms with Gasteiger partial charge < -0.3 is 14.6 Å². The van der Waals surface area contributed by atoms with Crippen LogP contribution >= 0.6 is 15.9 Å². The molecule has 2 rings (SSSR count). The molecule has 0 radical (unpaired) electrons. The molecule has 2 aromatic carbocycles. The third-order valence-corrected chi connectivity index (χ3v) is 3.74. The fraction of sp³-hybridized carbons (Fsp3) is 0.118. The van der Waals surface area contributed by atoms with Gasteiger partial charge in [0.25, 0.3) is 0 Å². The highest BCUT2D eigenvalue weighted by Gasteiger charge is 2.11. The summed E-state index contributed by atoms with van der Waals surface area (Å²) in [6, 6.07) is 7.22. The summed E-state index contributed by atoms with van der Waals surface area (Å²) < 4.78 is 24.2. The molecule has 120 valence electrons. The van der Waals surface area contributed by atoms with Crippen LogP contribution in [0.3, 0.4) is 0 Å². The summed E-state index contributed by atoms with van der Waals surface area (Å²) in [5.41, 5.74) is 0.570. The third-order valence-electron chi connectivity index (χ3n) is 3.14. The molecule has 0 amide bonds. The first-order valence-electron chi connectivity index (χ1n) is 6.58. The Labute approximate surface area is 141 Å². The fourth-order valence-electron chi connectivity index (χ4n) is 1.93. The number of hydrogen-bond acceptors (Lipinski definition) is 4. The number of ketones is 1. The monoisotopic (exact) mass is 380 g/mol. The zero-order valence-corrected chi connectivity index (χ0v) is 14.1. The van der Waals surface area contributed by atoms with E-state index in [1.165, 1.54) is 38.5 Å². The Hall–Kier alpha value is -2.34. The molecule has 2 aromatic rings. The average molecular weight is 381 g/mol. The van der Waals surface area contributed by atoms with Crippen LogP contribution in [0.5, 0.6) is 17.2 Å². The van der Waals surface area contributed by atoms with Gasteiger partial charge in [0.2, 0.25) is 0 Å². The van der Waals surface area contributed by atoms with Crippen molar-refractivity contribution in [3.63, 3.8) is 0 Å². The van der Waals surface area contributed by atoms with Gasteiger partial charge in [0.1, 0.15) is 11.6 Å². The summed E-state index contributed by atoms with van der Waals surface area (Å²) in [6.07, 6.45) is 2.77. The normalized spacial score (nSPS) is 10.8. The minimum absolute atomic E-state index is 0.0304. The first kappa shape index (κ1) is 17.0. The van der Waals surface area contributed by atoms with Gasteiger partial charge in [0, 0.05) is 6.07 Å². The molecule has 0 aromatic heterocycles. The van der Waals surface area contributed by atoms with Crippen molar-refractivity contribution in [1.29, 1.82) is 0 Å². The van der Waals surface area contributed by atoms with Crippen molar-refractivity contribution in [2.24, 2.45) is 0 Å². The van der Waals surface area contributed by atoms with E-state index in [1.807, 2.05) is 0 Å². The molecular formula is C17H14BrFO4. The average Bonchev–Trinajstić information content (AvgIpc) is 2.55. The number of ether oxygens (including phenoxy) is 2. The van der Waals surface area contributed by atoms with Gasteiger partial charge in [0.05, 0.1) is 24.3 Å². The molecule has 0 aliphatic carbocycles. The van der Waals surface area contributed by atoms with E-state index in [4.69, 9.17) is 9.47 Å². The Morgan fingerprint density at radius 2 is 1.96 bits per heavy atom. The zero-order chi connectivity index (χ0) is 17.0. The van der Waals surface area contributed by atoms with Crippen LogP contribution in [-0.4, -0.2) is 25.1 Å². The van der Waals surface area contributed by atoms with Gasteiger partial charge in [0.15, 0.2) is 17.3 Å². The summed E-state index contributed by atoms with van der Waals surface area (Å²) >= 11 is 3.19. The Balaban J connectivity index is 2.26. The number of aromatic hydroxyl groups is 1. The number of halogens is 2. The second kappa shape index (κ2) is 7.28. The van der Waals surface area contributed by atoms with Crippen LogP contribution in [0, 0.1) is 5.82 Å². The molecule has 4 nitrogen and oxygen atoms in total. The van der Waals surface area contributed by atoms with Crippen LogP contribution in [0.4, 0.5) is 4.39 Å². The zero-order valence-electron chi connectivity index (χ0n) is 12.5. The maximum absolute atomic E-state index is 13.9. The van der Waals surface area contributed by atoms with E-state index in [2.05, 4.69) is 15.9 Å². The summed E-state index contributed by atoms with van der Waals surface area (Å²) in [5.74, 6) is -0.550. The van der Waals surface area contributed by atoms with Gasteiger partial charge in [-0.25, -0.2) is 4.39 Å². The smallest absolute Gasteiger partial charge is 0.188 e. The number of carbonyl (C=O) groups excluding carboxylic acids is 1. The quantitative estimate of drug-likeness (QED) is 0.623. The van der Waals surface area contributed by atoms with Crippen LogP contribution in [0.2, 0.25) is 0 Å². The minimum Gasteiger partial charge on any atom is -0.503 e. The van der Waals surface area contributed by atoms with E-state index >= 15 is 0 Å². The van der Waals surface area contributed by atoms with Crippen LogP contribution in [0.15, 0.2) is 40.9 Å². The van der Waals surface area contributed by atoms with E-state index in [0.717, 1.165) is 6.07 Å². The standard InChI is InChI=1S/C17H14BrFO4/c1-22-11-4-5-12(14(19)9-11)15(20)6-3-10-7-13(18)17(21)16(8-10)23-2/h3-9,21H,1-2H3. The molecule has 0 saturated heterocycles. The van der Waals surface area contributed by atoms with E-state index < -0.39 is 11.6 Å². The molecule has 0 bridgehead atoms. The topological polar surface area (TPSA) is 55.8 Å². The Bertz CT molecular complexity index is 771. The van der Waals surface area contributed by atoms with Crippen molar-refractivity contribution in [1.82, 2.24) is 0 Å². The molecule has 0 atom stereocenters. The highest BCUT2D eigenvalue weighted by molar-refractivity contribution is 9.10. The predicted molar refractivity (Wildman–Crippen MR) is 88.7 cm³/mol. The van der Waals surface area contributed by atoms with Gasteiger partial charge in [-0.05, 0) is 51.8 Å². The SMILES string of the molecule is COc1ccc(C(=O)C=Cc2cc(Br)c(O)c(OC)c2)c(F)c1. The Kier molecular flexibility index (Phi) is 5.39. The van der Waals surface area contributed by atoms with Gasteiger partial charge >= 0.3 is 0 Å². The largest absolute Gasteiger partial charge is 0.503 e. The molecule has 0 unspecified atom stereocenters. The van der Waals surface area contributed by atoms with Gasteiger partial charge in [-0.15, -0.1) is 0 Å². The lowest BCUT2D eigenvalue weighted by molar-refractivity contribution is 0.104. The number of phenols is 1. The number of rotatable bonds is 5. The summed E-state index contributed by atoms with van der Waals surface area (Å²) in [5, 5.41) is 9.74. The van der Waals surface area contributed by atoms with E-state index in [9.17, 15) is 14.3 Å². The van der Waals surface area contributed by atoms with Crippen LogP contribution in [0.1, 0.15) is 15.9 Å². The van der Waals surface area contributed by atoms with Crippen molar-refractivity contribution >= 4 is 27.8 Å². The molecule has 0 aliphatic heterocycles. The number of phenolic OH excluding ortho intramolecular Hbond substituents is 1. The van der Waals surface area contributed by atoms with Crippen molar-refractivity contribution in [2.45, 2.75) is 0 Å². The maximum atomic E-state index is 13.9. The lowest BCUT2D eigenvalue weighted by Crippen LogP contribution is -1.99. The molecule has 0 spiro atoms. The Morgan fingerprint density at radius 3 is 2.57 bits per heavy atom. The number of hydrogen-bond donors (Lipinski definition) is 1. The molecular weight excluding hydrogens is 367 g/mol. The first-order chi connectivity index (χ1) is 11.0. The van der Waals surface area contributed by atoms with Crippen molar-refractivity contribution in [3.05, 3.63) is 57.8 Å². The van der Waals surface area contributed by atoms with Crippen molar-refractivity contribution < 1.29 is 23.8 Å². The number of carbonyl (C=O) groups is 1. The lowest BCUT2D eigenvalue weighted by atomic mass is 10.1. The summed E-state index contributed by atoms with van der Waals surface area (Å²) in [7, 11) is 2.85. The van der Waals surface area contributed by atoms with Gasteiger partial charge in [-0.1, -0.05) is 6.08 Å². The molecule has 6 heteroatoms. The molecule has 23 heavy (non-hydrogen) atoms. The fourth-order valence-corrected chi connectivity index (χ4v) is 2.39. The van der Waals surface area contributed by atoms with Gasteiger partial charge in [-0.3, -0.25) is 4.79 Å². The second-order valence-corrected chi connectivity index (χ2v) is 5.45. The first-order valence-corrected chi connectivity index (χ1v) is 7.38. The van der Waals surface area contributed by atoms with E-state index in [1.54, 1.807) is 12.1 Å². The van der Waals surface area contributed by atoms with Gasteiger partial charge in [-0.2, -0.15) is 0 Å². The Morgan fingerprint density at radius 1 is 1.22 bits per heavy atom. The summed E-state index contributed by atoms with van der Waals surface area (Å²) in [6.45, 7) is 0. The molecule has 0 aliphatic rings. The lowest BCUT2D eigenvalue weighted by Gasteiger charge is -2.06. The number of benzene rings is 2. The predicted octanol–water partition coefficient (Wildman–Crippen LogP) is 4.21. The molecule has 0 saturated carbocycles. The van der Waals surface area contributed by atoms with Crippen LogP contribution < -0.4 is 9.47 Å². The minimum atomic E-state index is -0.650. The van der Waals surface area contributed by atoms with Crippen molar-refractivity contribution in [2.75, 3.05) is 14.2 Å². The molecule has 1 N–H and O–H groups in total. The van der Waals surface area contributed by atoms with E-state index in [0.29, 0.717) is 15.8 Å². The van der Waals surface area contributed by atoms with Crippen molar-refractivity contribution in [3.8, 4) is 17.2 Å². The van der Waals surface area contributed by atoms with Crippen LogP contribution in [0.25, 0.3) is 6.08 Å². The highest BCUT2D eigenvalue weighted by Crippen LogP contribution is 2.35. The second-order valence-electron chi connectivity index (χ2n) is 4.60. The molecule has 0 fully saturated rings. The maximum Gasteiger partial charge on any atom is 0.188 e. The van der Waals surface area contributed by atoms with E-state index in [-0.39, 0.29) is 17.1 Å². The number of allylic oxidation sites excluding steroid dienone is 1. The van der Waals surface area contributed by atoms with Crippen LogP contribution in [-0.2, 0) is 0 Å².